The lowest BCUT2D eigenvalue weighted by molar-refractivity contribution is -0.139. The van der Waals surface area contributed by atoms with E-state index in [1.807, 2.05) is 4.90 Å². The van der Waals surface area contributed by atoms with Gasteiger partial charge in [0, 0.05) is 26.2 Å². The Labute approximate surface area is 100 Å². The molecule has 0 spiro atoms. The monoisotopic (exact) mass is 248 g/mol. The van der Waals surface area contributed by atoms with Crippen LogP contribution >= 0.6 is 0 Å². The molecule has 0 aliphatic carbocycles. The van der Waals surface area contributed by atoms with Crippen molar-refractivity contribution in [1.82, 2.24) is 4.90 Å². The van der Waals surface area contributed by atoms with Crippen LogP contribution in [-0.4, -0.2) is 66.4 Å². The Bertz CT molecular complexity index is 235. The minimum Gasteiger partial charge on any atom is -0.481 e. The second-order valence-electron chi connectivity index (χ2n) is 3.53. The van der Waals surface area contributed by atoms with Crippen LogP contribution in [0.2, 0.25) is 0 Å². The zero-order valence-corrected chi connectivity index (χ0v) is 9.80. The molecular formula is C10H20N2O5. The molecule has 0 saturated heterocycles. The first-order chi connectivity index (χ1) is 8.06. The summed E-state index contributed by atoms with van der Waals surface area (Å²) in [5, 5.41) is 16.9. The van der Waals surface area contributed by atoms with E-state index in [9.17, 15) is 9.59 Å². The van der Waals surface area contributed by atoms with Crippen molar-refractivity contribution in [2.75, 3.05) is 39.4 Å². The summed E-state index contributed by atoms with van der Waals surface area (Å²) in [6, 6.07) is 0. The molecule has 0 aliphatic rings. The molecular weight excluding hydrogens is 228 g/mol. The second kappa shape index (κ2) is 10.0. The summed E-state index contributed by atoms with van der Waals surface area (Å²) in [7, 11) is 0. The number of ether oxygens (including phenoxy) is 1. The molecule has 17 heavy (non-hydrogen) atoms. The molecule has 0 saturated carbocycles. The van der Waals surface area contributed by atoms with Gasteiger partial charge in [0.05, 0.1) is 26.1 Å². The maximum absolute atomic E-state index is 10.4. The second-order valence-corrected chi connectivity index (χ2v) is 3.53. The molecule has 0 aromatic heterocycles. The van der Waals surface area contributed by atoms with E-state index in [0.29, 0.717) is 32.8 Å². The number of carboxylic acids is 2. The van der Waals surface area contributed by atoms with Gasteiger partial charge in [-0.2, -0.15) is 0 Å². The third-order valence-electron chi connectivity index (χ3n) is 2.10. The third kappa shape index (κ3) is 11.1. The van der Waals surface area contributed by atoms with Crippen molar-refractivity contribution in [2.24, 2.45) is 5.73 Å². The first-order valence-corrected chi connectivity index (χ1v) is 5.50. The lowest BCUT2D eigenvalue weighted by Crippen LogP contribution is -2.34. The van der Waals surface area contributed by atoms with Gasteiger partial charge >= 0.3 is 11.9 Å². The molecule has 100 valence electrons. The van der Waals surface area contributed by atoms with Crippen molar-refractivity contribution < 1.29 is 24.5 Å². The van der Waals surface area contributed by atoms with Crippen molar-refractivity contribution in [2.45, 2.75) is 12.8 Å². The van der Waals surface area contributed by atoms with Crippen molar-refractivity contribution in [3.63, 3.8) is 0 Å². The Morgan fingerprint density at radius 3 is 2.18 bits per heavy atom. The van der Waals surface area contributed by atoms with E-state index in [0.717, 1.165) is 0 Å². The van der Waals surface area contributed by atoms with Crippen LogP contribution in [0.25, 0.3) is 0 Å². The largest absolute Gasteiger partial charge is 0.481 e. The number of carbonyl (C=O) groups is 2. The third-order valence-corrected chi connectivity index (χ3v) is 2.10. The molecule has 0 fully saturated rings. The number of hydrogen-bond donors (Lipinski definition) is 3. The fourth-order valence-corrected chi connectivity index (χ4v) is 1.23. The average molecular weight is 248 g/mol. The summed E-state index contributed by atoms with van der Waals surface area (Å²) in [6.45, 7) is 2.60. The van der Waals surface area contributed by atoms with Crippen LogP contribution in [0.3, 0.4) is 0 Å². The van der Waals surface area contributed by atoms with E-state index in [-0.39, 0.29) is 19.4 Å². The Morgan fingerprint density at radius 2 is 1.65 bits per heavy atom. The first-order valence-electron chi connectivity index (χ1n) is 5.50. The summed E-state index contributed by atoms with van der Waals surface area (Å²) in [5.74, 6) is -1.74. The molecule has 4 N–H and O–H groups in total. The van der Waals surface area contributed by atoms with E-state index < -0.39 is 11.9 Å². The summed E-state index contributed by atoms with van der Waals surface area (Å²) < 4.78 is 5.12. The molecule has 0 amide bonds. The molecule has 0 atom stereocenters. The molecule has 0 rings (SSSR count). The number of nitrogens with two attached hydrogens (primary N) is 1. The number of hydrogen-bond acceptors (Lipinski definition) is 5. The molecule has 0 bridgehead atoms. The van der Waals surface area contributed by atoms with Crippen molar-refractivity contribution in [3.8, 4) is 0 Å². The van der Waals surface area contributed by atoms with Crippen LogP contribution in [0.4, 0.5) is 0 Å². The molecule has 0 radical (unpaired) electrons. The number of carboxylic acid groups (broad SMARTS) is 2. The highest BCUT2D eigenvalue weighted by molar-refractivity contribution is 5.67. The van der Waals surface area contributed by atoms with Crippen LogP contribution in [0.1, 0.15) is 12.8 Å². The van der Waals surface area contributed by atoms with Gasteiger partial charge in [-0.3, -0.25) is 14.5 Å². The van der Waals surface area contributed by atoms with Gasteiger partial charge in [0.25, 0.3) is 0 Å². The van der Waals surface area contributed by atoms with Gasteiger partial charge in [-0.1, -0.05) is 0 Å². The topological polar surface area (TPSA) is 113 Å². The predicted octanol–water partition coefficient (Wildman–Crippen LogP) is -0.787. The minimum absolute atomic E-state index is 0.0218. The molecule has 0 aromatic rings. The molecule has 7 heteroatoms. The van der Waals surface area contributed by atoms with Crippen molar-refractivity contribution in [3.05, 3.63) is 0 Å². The fourth-order valence-electron chi connectivity index (χ4n) is 1.23. The van der Waals surface area contributed by atoms with Crippen molar-refractivity contribution in [1.29, 1.82) is 0 Å². The van der Waals surface area contributed by atoms with Crippen LogP contribution in [0.5, 0.6) is 0 Å². The van der Waals surface area contributed by atoms with E-state index in [4.69, 9.17) is 20.7 Å². The lowest BCUT2D eigenvalue weighted by atomic mass is 10.3. The van der Waals surface area contributed by atoms with Gasteiger partial charge < -0.3 is 20.7 Å². The van der Waals surface area contributed by atoms with Gasteiger partial charge in [-0.15, -0.1) is 0 Å². The summed E-state index contributed by atoms with van der Waals surface area (Å²) in [5.41, 5.74) is 5.40. The van der Waals surface area contributed by atoms with Crippen molar-refractivity contribution >= 4 is 11.9 Å². The maximum Gasteiger partial charge on any atom is 0.305 e. The van der Waals surface area contributed by atoms with Crippen LogP contribution in [0, 0.1) is 0 Å². The van der Waals surface area contributed by atoms with E-state index in [1.165, 1.54) is 0 Å². The van der Waals surface area contributed by atoms with Crippen LogP contribution in [0.15, 0.2) is 0 Å². The Kier molecular flexibility index (Phi) is 9.31. The first kappa shape index (κ1) is 15.8. The predicted molar refractivity (Wildman–Crippen MR) is 60.8 cm³/mol. The normalized spacial score (nSPS) is 10.7. The smallest absolute Gasteiger partial charge is 0.305 e. The molecule has 0 aliphatic heterocycles. The maximum atomic E-state index is 10.4. The quantitative estimate of drug-likeness (QED) is 0.411. The van der Waals surface area contributed by atoms with E-state index in [1.54, 1.807) is 0 Å². The van der Waals surface area contributed by atoms with E-state index >= 15 is 0 Å². The molecule has 7 nitrogen and oxygen atoms in total. The molecule has 0 heterocycles. The van der Waals surface area contributed by atoms with Gasteiger partial charge in [0.1, 0.15) is 0 Å². The standard InChI is InChI=1S/C10H20N2O5/c11-3-5-12(4-1-9(13)14)6-8-17-7-2-10(15)16/h1-8,11H2,(H,13,14)(H,15,16). The molecule has 0 unspecified atom stereocenters. The Hall–Kier alpha value is -1.18. The summed E-state index contributed by atoms with van der Waals surface area (Å²) in [6.07, 6.45) is 0.0428. The van der Waals surface area contributed by atoms with Gasteiger partial charge in [-0.25, -0.2) is 0 Å². The number of aliphatic carboxylic acids is 2. The van der Waals surface area contributed by atoms with Crippen LogP contribution in [-0.2, 0) is 14.3 Å². The highest BCUT2D eigenvalue weighted by Crippen LogP contribution is 1.92. The van der Waals surface area contributed by atoms with E-state index in [2.05, 4.69) is 0 Å². The average Bonchev–Trinajstić information content (AvgIpc) is 2.24. The highest BCUT2D eigenvalue weighted by atomic mass is 16.5. The van der Waals surface area contributed by atoms with Gasteiger partial charge in [0.15, 0.2) is 0 Å². The summed E-state index contributed by atoms with van der Waals surface area (Å²) >= 11 is 0. The Balaban J connectivity index is 3.61. The van der Waals surface area contributed by atoms with Crippen LogP contribution < -0.4 is 5.73 Å². The molecule has 0 aromatic carbocycles. The Morgan fingerprint density at radius 1 is 1.00 bits per heavy atom. The zero-order valence-electron chi connectivity index (χ0n) is 9.80. The number of nitrogens with zero attached hydrogens (tertiary/aromatic N) is 1. The lowest BCUT2D eigenvalue weighted by Gasteiger charge is -2.20. The summed E-state index contributed by atoms with van der Waals surface area (Å²) in [4.78, 5) is 22.5. The fraction of sp³-hybridized carbons (Fsp3) is 0.800. The zero-order chi connectivity index (χ0) is 13.1. The SMILES string of the molecule is NCCN(CCOCCC(=O)O)CCC(=O)O. The van der Waals surface area contributed by atoms with Gasteiger partial charge in [0.2, 0.25) is 0 Å². The highest BCUT2D eigenvalue weighted by Gasteiger charge is 2.06. The van der Waals surface area contributed by atoms with Gasteiger partial charge in [-0.05, 0) is 0 Å². The number of rotatable bonds is 11. The minimum atomic E-state index is -0.894.